The molecule has 0 amide bonds. The molecule has 1 aliphatic heterocycles. The Kier molecular flexibility index (Phi) is 9.19. The van der Waals surface area contributed by atoms with Crippen LogP contribution < -0.4 is 11.1 Å². The van der Waals surface area contributed by atoms with Gasteiger partial charge >= 0.3 is 0 Å². The molecule has 1 saturated heterocycles. The molecule has 7 heteroatoms. The van der Waals surface area contributed by atoms with E-state index < -0.39 is 0 Å². The highest BCUT2D eigenvalue weighted by Gasteiger charge is 2.24. The van der Waals surface area contributed by atoms with E-state index in [1.807, 2.05) is 12.1 Å². The zero-order chi connectivity index (χ0) is 14.9. The van der Waals surface area contributed by atoms with Crippen molar-refractivity contribution in [1.29, 1.82) is 0 Å². The summed E-state index contributed by atoms with van der Waals surface area (Å²) in [4.78, 5) is 6.89. The summed E-state index contributed by atoms with van der Waals surface area (Å²) >= 11 is 0. The van der Waals surface area contributed by atoms with E-state index in [2.05, 4.69) is 15.2 Å². The topological polar surface area (TPSA) is 76.0 Å². The number of nitrogens with two attached hydrogens (primary N) is 1. The number of hydrogen-bond donors (Lipinski definition) is 2. The summed E-state index contributed by atoms with van der Waals surface area (Å²) < 4.78 is 10.6. The van der Waals surface area contributed by atoms with E-state index in [0.29, 0.717) is 25.7 Å². The number of ether oxygens (including phenoxy) is 1. The van der Waals surface area contributed by atoms with Gasteiger partial charge in [-0.15, -0.1) is 17.0 Å². The van der Waals surface area contributed by atoms with Gasteiger partial charge in [-0.1, -0.05) is 6.42 Å². The molecular weight excluding hydrogens is 348 g/mol. The Bertz CT molecular complexity index is 419. The second kappa shape index (κ2) is 10.6. The second-order valence-electron chi connectivity index (χ2n) is 5.27. The van der Waals surface area contributed by atoms with E-state index in [9.17, 15) is 0 Å². The molecule has 0 saturated carbocycles. The fraction of sp³-hybridized carbons (Fsp3) is 0.667. The molecule has 1 aromatic heterocycles. The van der Waals surface area contributed by atoms with Crippen molar-refractivity contribution in [3.63, 3.8) is 0 Å². The Morgan fingerprint density at radius 1 is 1.45 bits per heavy atom. The highest BCUT2D eigenvalue weighted by molar-refractivity contribution is 8.93. The van der Waals surface area contributed by atoms with E-state index >= 15 is 0 Å². The van der Waals surface area contributed by atoms with Gasteiger partial charge in [0.05, 0.1) is 25.5 Å². The van der Waals surface area contributed by atoms with Crippen LogP contribution in [0, 0.1) is 0 Å². The molecule has 2 heterocycles. The summed E-state index contributed by atoms with van der Waals surface area (Å²) in [6, 6.07) is 4.11. The van der Waals surface area contributed by atoms with Crippen molar-refractivity contribution in [2.75, 3.05) is 39.9 Å². The quantitative estimate of drug-likeness (QED) is 0.433. The number of nitrogens with zero attached hydrogens (tertiary/aromatic N) is 2. The molecule has 0 aromatic carbocycles. The van der Waals surface area contributed by atoms with Crippen LogP contribution in [0.4, 0.5) is 0 Å². The monoisotopic (exact) mass is 374 g/mol. The van der Waals surface area contributed by atoms with Crippen LogP contribution in [0.25, 0.3) is 0 Å². The van der Waals surface area contributed by atoms with Crippen LogP contribution in [0.15, 0.2) is 27.8 Å². The second-order valence-corrected chi connectivity index (χ2v) is 5.27. The lowest BCUT2D eigenvalue weighted by atomic mass is 10.1. The first-order valence-electron chi connectivity index (χ1n) is 7.61. The highest BCUT2D eigenvalue weighted by atomic mass is 79.9. The number of likely N-dealkylation sites (tertiary alicyclic amines) is 1. The number of aliphatic imine (C=N–C) groups is 1. The predicted molar refractivity (Wildman–Crippen MR) is 93.6 cm³/mol. The van der Waals surface area contributed by atoms with Gasteiger partial charge in [-0.3, -0.25) is 9.89 Å². The van der Waals surface area contributed by atoms with E-state index in [-0.39, 0.29) is 23.0 Å². The Hall–Kier alpha value is -1.05. The zero-order valence-corrected chi connectivity index (χ0v) is 14.9. The summed E-state index contributed by atoms with van der Waals surface area (Å²) in [7, 11) is 1.66. The number of furan rings is 1. The first-order chi connectivity index (χ1) is 10.3. The largest absolute Gasteiger partial charge is 0.468 e. The minimum atomic E-state index is 0. The molecule has 1 aliphatic rings. The van der Waals surface area contributed by atoms with Gasteiger partial charge in [0.15, 0.2) is 5.96 Å². The molecule has 2 rings (SSSR count). The third-order valence-electron chi connectivity index (χ3n) is 3.75. The lowest BCUT2D eigenvalue weighted by Gasteiger charge is -2.32. The molecule has 0 radical (unpaired) electrons. The highest BCUT2D eigenvalue weighted by Crippen LogP contribution is 2.25. The summed E-state index contributed by atoms with van der Waals surface area (Å²) in [5, 5.41) is 3.04. The van der Waals surface area contributed by atoms with Crippen LogP contribution in [-0.2, 0) is 4.74 Å². The third-order valence-corrected chi connectivity index (χ3v) is 3.75. The minimum absolute atomic E-state index is 0. The lowest BCUT2D eigenvalue weighted by Crippen LogP contribution is -2.37. The minimum Gasteiger partial charge on any atom is -0.468 e. The van der Waals surface area contributed by atoms with Gasteiger partial charge in [0.1, 0.15) is 5.76 Å². The molecule has 0 aliphatic carbocycles. The van der Waals surface area contributed by atoms with Crippen molar-refractivity contribution in [2.24, 2.45) is 10.7 Å². The van der Waals surface area contributed by atoms with Crippen molar-refractivity contribution in [2.45, 2.75) is 25.3 Å². The van der Waals surface area contributed by atoms with Crippen molar-refractivity contribution in [1.82, 2.24) is 10.2 Å². The molecular formula is C15H27BrN4O2. The predicted octanol–water partition coefficient (Wildman–Crippen LogP) is 1.94. The molecule has 1 fully saturated rings. The lowest BCUT2D eigenvalue weighted by molar-refractivity contribution is 0.150. The van der Waals surface area contributed by atoms with Gasteiger partial charge in [0.2, 0.25) is 0 Å². The smallest absolute Gasteiger partial charge is 0.188 e. The maximum atomic E-state index is 5.88. The standard InChI is InChI=1S/C15H26N4O2.BrH/c1-20-11-7-17-15(16)18-12-13(14-6-5-10-21-14)19-8-3-2-4-9-19;/h5-6,10,13H,2-4,7-9,11-12H2,1H3,(H3,16,17,18);1H. The van der Waals surface area contributed by atoms with Crippen molar-refractivity contribution >= 4 is 22.9 Å². The summed E-state index contributed by atoms with van der Waals surface area (Å²) in [6.45, 7) is 4.08. The van der Waals surface area contributed by atoms with Crippen molar-refractivity contribution < 1.29 is 9.15 Å². The van der Waals surface area contributed by atoms with E-state index in [1.165, 1.54) is 19.3 Å². The average Bonchev–Trinajstić information content (AvgIpc) is 3.03. The van der Waals surface area contributed by atoms with Crippen LogP contribution in [0.2, 0.25) is 0 Å². The molecule has 0 bridgehead atoms. The number of guanidine groups is 1. The zero-order valence-electron chi connectivity index (χ0n) is 13.2. The Morgan fingerprint density at radius 3 is 2.86 bits per heavy atom. The van der Waals surface area contributed by atoms with Crippen LogP contribution in [0.3, 0.4) is 0 Å². The average molecular weight is 375 g/mol. The summed E-state index contributed by atoms with van der Waals surface area (Å²) in [5.41, 5.74) is 5.88. The maximum absolute atomic E-state index is 5.88. The first-order valence-corrected chi connectivity index (χ1v) is 7.61. The Labute approximate surface area is 142 Å². The number of nitrogens with one attached hydrogen (secondary N) is 1. The third kappa shape index (κ3) is 5.98. The molecule has 0 spiro atoms. The molecule has 126 valence electrons. The van der Waals surface area contributed by atoms with Crippen LogP contribution >= 0.6 is 17.0 Å². The Morgan fingerprint density at radius 2 is 2.23 bits per heavy atom. The maximum Gasteiger partial charge on any atom is 0.188 e. The van der Waals surface area contributed by atoms with Gasteiger partial charge in [0.25, 0.3) is 0 Å². The van der Waals surface area contributed by atoms with E-state index in [0.717, 1.165) is 18.8 Å². The summed E-state index contributed by atoms with van der Waals surface area (Å²) in [6.07, 6.45) is 5.51. The van der Waals surface area contributed by atoms with Crippen LogP contribution in [0.1, 0.15) is 31.1 Å². The van der Waals surface area contributed by atoms with Gasteiger partial charge < -0.3 is 20.2 Å². The number of hydrogen-bond acceptors (Lipinski definition) is 4. The molecule has 1 atom stereocenters. The van der Waals surface area contributed by atoms with Gasteiger partial charge in [-0.2, -0.15) is 0 Å². The fourth-order valence-corrected chi connectivity index (χ4v) is 2.62. The van der Waals surface area contributed by atoms with Gasteiger partial charge in [0, 0.05) is 13.7 Å². The normalized spacial score (nSPS) is 17.8. The molecule has 1 aromatic rings. The van der Waals surface area contributed by atoms with Crippen molar-refractivity contribution in [3.05, 3.63) is 24.2 Å². The SMILES string of the molecule is Br.COCCNC(N)=NCC(c1ccco1)N1CCCCC1. The van der Waals surface area contributed by atoms with Crippen molar-refractivity contribution in [3.8, 4) is 0 Å². The van der Waals surface area contributed by atoms with Crippen LogP contribution in [-0.4, -0.2) is 50.8 Å². The van der Waals surface area contributed by atoms with E-state index in [1.54, 1.807) is 13.4 Å². The number of methoxy groups -OCH3 is 1. The fourth-order valence-electron chi connectivity index (χ4n) is 2.62. The number of halogens is 1. The van der Waals surface area contributed by atoms with Gasteiger partial charge in [-0.25, -0.2) is 0 Å². The van der Waals surface area contributed by atoms with Crippen LogP contribution in [0.5, 0.6) is 0 Å². The molecule has 1 unspecified atom stereocenters. The Balaban J connectivity index is 0.00000242. The van der Waals surface area contributed by atoms with E-state index in [4.69, 9.17) is 14.9 Å². The number of rotatable bonds is 7. The number of piperidine rings is 1. The van der Waals surface area contributed by atoms with Gasteiger partial charge in [-0.05, 0) is 38.1 Å². The summed E-state index contributed by atoms with van der Waals surface area (Å²) in [5.74, 6) is 1.42. The molecule has 6 nitrogen and oxygen atoms in total. The first kappa shape index (κ1) is 19.0. The molecule has 3 N–H and O–H groups in total. The molecule has 22 heavy (non-hydrogen) atoms.